The van der Waals surface area contributed by atoms with Gasteiger partial charge in [-0.1, -0.05) is 12.5 Å². The molecule has 1 aliphatic heterocycles. The zero-order valence-corrected chi connectivity index (χ0v) is 11.0. The minimum Gasteiger partial charge on any atom is -0.398 e. The number of piperidine rings is 1. The third-order valence-electron chi connectivity index (χ3n) is 3.82. The molecule has 1 heterocycles. The fraction of sp³-hybridized carbons (Fsp3) is 0.571. The molecule has 0 amide bonds. The van der Waals surface area contributed by atoms with Crippen molar-refractivity contribution in [1.82, 2.24) is 5.01 Å². The molecule has 1 aromatic rings. The van der Waals surface area contributed by atoms with Crippen LogP contribution < -0.4 is 11.2 Å². The van der Waals surface area contributed by atoms with Gasteiger partial charge in [0.2, 0.25) is 0 Å². The van der Waals surface area contributed by atoms with Crippen LogP contribution in [0.25, 0.3) is 0 Å². The zero-order chi connectivity index (χ0) is 12.4. The number of hydrogen-bond donors (Lipinski definition) is 2. The molecule has 2 atom stereocenters. The molecule has 2 rings (SSSR count). The number of benzene rings is 1. The van der Waals surface area contributed by atoms with E-state index < -0.39 is 0 Å². The Bertz CT molecular complexity index is 379. The van der Waals surface area contributed by atoms with Crippen molar-refractivity contribution in [1.29, 1.82) is 0 Å². The van der Waals surface area contributed by atoms with E-state index in [1.165, 1.54) is 19.3 Å². The predicted octanol–water partition coefficient (Wildman–Crippen LogP) is 3.17. The summed E-state index contributed by atoms with van der Waals surface area (Å²) in [7, 11) is 0. The molecule has 0 bridgehead atoms. The Labute approximate surface area is 104 Å². The van der Waals surface area contributed by atoms with E-state index in [1.807, 2.05) is 12.1 Å². The summed E-state index contributed by atoms with van der Waals surface area (Å²) in [5.41, 5.74) is 12.6. The molecule has 0 spiro atoms. The summed E-state index contributed by atoms with van der Waals surface area (Å²) in [6.07, 6.45) is 3.85. The van der Waals surface area contributed by atoms with E-state index in [0.717, 1.165) is 16.9 Å². The lowest BCUT2D eigenvalue weighted by Crippen LogP contribution is -2.47. The first-order chi connectivity index (χ1) is 8.09. The van der Waals surface area contributed by atoms with Crippen molar-refractivity contribution in [3.05, 3.63) is 23.8 Å². The quantitative estimate of drug-likeness (QED) is 0.771. The Balaban J connectivity index is 2.16. The number of hydrogen-bond acceptors (Lipinski definition) is 3. The van der Waals surface area contributed by atoms with Gasteiger partial charge in [-0.15, -0.1) is 0 Å². The first-order valence-corrected chi connectivity index (χ1v) is 6.49. The van der Waals surface area contributed by atoms with Crippen molar-refractivity contribution < 1.29 is 0 Å². The molecule has 3 heteroatoms. The van der Waals surface area contributed by atoms with Gasteiger partial charge in [0.05, 0.1) is 5.69 Å². The molecule has 0 radical (unpaired) electrons. The maximum absolute atomic E-state index is 5.94. The van der Waals surface area contributed by atoms with Crippen molar-refractivity contribution in [2.45, 2.75) is 52.1 Å². The van der Waals surface area contributed by atoms with Crippen LogP contribution in [0, 0.1) is 6.92 Å². The molecule has 0 saturated carbocycles. The van der Waals surface area contributed by atoms with Gasteiger partial charge in [0.1, 0.15) is 0 Å². The summed E-state index contributed by atoms with van der Waals surface area (Å²) in [5.74, 6) is 0. The van der Waals surface area contributed by atoms with Crippen LogP contribution in [0.5, 0.6) is 0 Å². The fourth-order valence-corrected chi connectivity index (χ4v) is 2.56. The number of nitrogen functional groups attached to an aromatic ring is 1. The van der Waals surface area contributed by atoms with Crippen LogP contribution in [0.4, 0.5) is 11.4 Å². The van der Waals surface area contributed by atoms with E-state index in [9.17, 15) is 0 Å². The zero-order valence-electron chi connectivity index (χ0n) is 11.0. The number of nitrogens with one attached hydrogen (secondary N) is 1. The van der Waals surface area contributed by atoms with Gasteiger partial charge in [0.25, 0.3) is 0 Å². The van der Waals surface area contributed by atoms with E-state index in [2.05, 4.69) is 37.3 Å². The van der Waals surface area contributed by atoms with Gasteiger partial charge < -0.3 is 11.2 Å². The summed E-state index contributed by atoms with van der Waals surface area (Å²) in [4.78, 5) is 0. The summed E-state index contributed by atoms with van der Waals surface area (Å²) >= 11 is 0. The van der Waals surface area contributed by atoms with Gasteiger partial charge in [0, 0.05) is 17.8 Å². The highest BCUT2D eigenvalue weighted by Gasteiger charge is 2.24. The average Bonchev–Trinajstić information content (AvgIpc) is 2.29. The Kier molecular flexibility index (Phi) is 3.57. The van der Waals surface area contributed by atoms with Gasteiger partial charge in [0.15, 0.2) is 0 Å². The van der Waals surface area contributed by atoms with E-state index in [4.69, 9.17) is 5.73 Å². The SMILES string of the molecule is Cc1c(N)cccc1NN1C(C)CCCC1C. The molecule has 3 nitrogen and oxygen atoms in total. The van der Waals surface area contributed by atoms with Gasteiger partial charge in [-0.3, -0.25) is 0 Å². The van der Waals surface area contributed by atoms with Crippen LogP contribution in [0.3, 0.4) is 0 Å². The lowest BCUT2D eigenvalue weighted by Gasteiger charge is -2.39. The number of anilines is 2. The first kappa shape index (κ1) is 12.2. The fourth-order valence-electron chi connectivity index (χ4n) is 2.56. The standard InChI is InChI=1S/C14H23N3/c1-10-6-4-7-11(2)17(10)16-14-9-5-8-13(15)12(14)3/h5,8-11,16H,4,6-7,15H2,1-3H3. The summed E-state index contributed by atoms with van der Waals surface area (Å²) in [6, 6.07) is 7.21. The highest BCUT2D eigenvalue weighted by atomic mass is 15.5. The summed E-state index contributed by atoms with van der Waals surface area (Å²) in [6.45, 7) is 6.63. The second-order valence-electron chi connectivity index (χ2n) is 5.17. The normalized spacial score (nSPS) is 25.8. The molecular formula is C14H23N3. The highest BCUT2D eigenvalue weighted by Crippen LogP contribution is 2.26. The molecule has 2 unspecified atom stereocenters. The molecule has 1 fully saturated rings. The lowest BCUT2D eigenvalue weighted by molar-refractivity contribution is 0.135. The second kappa shape index (κ2) is 4.96. The van der Waals surface area contributed by atoms with Crippen molar-refractivity contribution >= 4 is 11.4 Å². The second-order valence-corrected chi connectivity index (χ2v) is 5.17. The molecular weight excluding hydrogens is 210 g/mol. The molecule has 3 N–H and O–H groups in total. The number of hydrazine groups is 1. The van der Waals surface area contributed by atoms with Crippen LogP contribution in [-0.4, -0.2) is 17.1 Å². The lowest BCUT2D eigenvalue weighted by atomic mass is 10.00. The minimum absolute atomic E-state index is 0.583. The van der Waals surface area contributed by atoms with Gasteiger partial charge in [-0.25, -0.2) is 5.01 Å². The maximum Gasteiger partial charge on any atom is 0.0540 e. The number of nitrogens with two attached hydrogens (primary N) is 1. The molecule has 0 aromatic heterocycles. The van der Waals surface area contributed by atoms with Crippen LogP contribution in [-0.2, 0) is 0 Å². The highest BCUT2D eigenvalue weighted by molar-refractivity contribution is 5.62. The van der Waals surface area contributed by atoms with Crippen molar-refractivity contribution in [3.8, 4) is 0 Å². The van der Waals surface area contributed by atoms with Crippen molar-refractivity contribution in [2.75, 3.05) is 11.2 Å². The van der Waals surface area contributed by atoms with E-state index in [-0.39, 0.29) is 0 Å². The predicted molar refractivity (Wildman–Crippen MR) is 73.8 cm³/mol. The van der Waals surface area contributed by atoms with Gasteiger partial charge in [-0.2, -0.15) is 0 Å². The van der Waals surface area contributed by atoms with E-state index in [0.29, 0.717) is 12.1 Å². The van der Waals surface area contributed by atoms with Crippen LogP contribution >= 0.6 is 0 Å². The summed E-state index contributed by atoms with van der Waals surface area (Å²) < 4.78 is 0. The summed E-state index contributed by atoms with van der Waals surface area (Å²) in [5, 5.41) is 2.37. The van der Waals surface area contributed by atoms with E-state index >= 15 is 0 Å². The van der Waals surface area contributed by atoms with Crippen LogP contribution in [0.15, 0.2) is 18.2 Å². The third kappa shape index (κ3) is 2.55. The minimum atomic E-state index is 0.583. The Morgan fingerprint density at radius 3 is 2.53 bits per heavy atom. The average molecular weight is 233 g/mol. The number of rotatable bonds is 2. The van der Waals surface area contributed by atoms with Crippen LogP contribution in [0.1, 0.15) is 38.7 Å². The smallest absolute Gasteiger partial charge is 0.0540 e. The molecule has 1 saturated heterocycles. The van der Waals surface area contributed by atoms with Crippen LogP contribution in [0.2, 0.25) is 0 Å². The topological polar surface area (TPSA) is 41.3 Å². The largest absolute Gasteiger partial charge is 0.398 e. The monoisotopic (exact) mass is 233 g/mol. The molecule has 0 aliphatic carbocycles. The number of nitrogens with zero attached hydrogens (tertiary/aromatic N) is 1. The molecule has 1 aliphatic rings. The molecule has 17 heavy (non-hydrogen) atoms. The Hall–Kier alpha value is -1.22. The van der Waals surface area contributed by atoms with Crippen molar-refractivity contribution in [3.63, 3.8) is 0 Å². The Morgan fingerprint density at radius 1 is 1.24 bits per heavy atom. The van der Waals surface area contributed by atoms with Gasteiger partial charge >= 0.3 is 0 Å². The van der Waals surface area contributed by atoms with Crippen molar-refractivity contribution in [2.24, 2.45) is 0 Å². The molecule has 94 valence electrons. The molecule has 1 aromatic carbocycles. The van der Waals surface area contributed by atoms with Gasteiger partial charge in [-0.05, 0) is 51.3 Å². The Morgan fingerprint density at radius 2 is 1.88 bits per heavy atom. The maximum atomic E-state index is 5.94. The first-order valence-electron chi connectivity index (χ1n) is 6.49. The van der Waals surface area contributed by atoms with E-state index in [1.54, 1.807) is 0 Å². The third-order valence-corrected chi connectivity index (χ3v) is 3.82.